The molecule has 0 aliphatic carbocycles. The van der Waals surface area contributed by atoms with Gasteiger partial charge in [-0.2, -0.15) is 0 Å². The highest BCUT2D eigenvalue weighted by molar-refractivity contribution is 5.99. The maximum absolute atomic E-state index is 13.8. The van der Waals surface area contributed by atoms with Gasteiger partial charge in [-0.1, -0.05) is 48.5 Å². The van der Waals surface area contributed by atoms with Gasteiger partial charge in [0.1, 0.15) is 23.9 Å². The average molecular weight is 426 g/mol. The van der Waals surface area contributed by atoms with E-state index in [4.69, 9.17) is 5.73 Å². The van der Waals surface area contributed by atoms with Crippen LogP contribution in [0.4, 0.5) is 4.39 Å². The van der Waals surface area contributed by atoms with Crippen molar-refractivity contribution in [3.8, 4) is 0 Å². The third-order valence-electron chi connectivity index (χ3n) is 5.00. The van der Waals surface area contributed by atoms with Gasteiger partial charge in [0.05, 0.1) is 6.42 Å². The fraction of sp³-hybridized carbons (Fsp3) is 0.273. The molecular weight excluding hydrogens is 403 g/mol. The molecule has 0 aromatic heterocycles. The Hall–Kier alpha value is -3.75. The summed E-state index contributed by atoms with van der Waals surface area (Å²) in [5, 5.41) is 7.58. The Kier molecular flexibility index (Phi) is 6.96. The second-order valence-electron chi connectivity index (χ2n) is 7.33. The maximum atomic E-state index is 13.8. The molecule has 162 valence electrons. The van der Waals surface area contributed by atoms with Gasteiger partial charge >= 0.3 is 0 Å². The van der Waals surface area contributed by atoms with Gasteiger partial charge in [-0.25, -0.2) is 4.39 Å². The summed E-state index contributed by atoms with van der Waals surface area (Å²) >= 11 is 0. The molecular formula is C22H23FN4O4. The molecule has 0 radical (unpaired) electrons. The minimum absolute atomic E-state index is 0.129. The predicted molar refractivity (Wildman–Crippen MR) is 110 cm³/mol. The number of nitrogens with one attached hydrogen (secondary N) is 3. The SMILES string of the molecule is NC(=O)[C@H](Cc1ccccc1F)NC(=O)C[C@@H]1NC(=O)[C@H](Cc2ccccc2)NC1=O. The summed E-state index contributed by atoms with van der Waals surface area (Å²) in [5.41, 5.74) is 6.44. The largest absolute Gasteiger partial charge is 0.368 e. The van der Waals surface area contributed by atoms with Crippen molar-refractivity contribution in [2.24, 2.45) is 5.73 Å². The molecule has 1 heterocycles. The lowest BCUT2D eigenvalue weighted by Gasteiger charge is -2.29. The molecule has 1 fully saturated rings. The topological polar surface area (TPSA) is 130 Å². The van der Waals surface area contributed by atoms with Crippen molar-refractivity contribution >= 4 is 23.6 Å². The molecule has 1 aliphatic rings. The Bertz CT molecular complexity index is 982. The van der Waals surface area contributed by atoms with Crippen molar-refractivity contribution in [2.75, 3.05) is 0 Å². The van der Waals surface area contributed by atoms with Crippen LogP contribution in [0.25, 0.3) is 0 Å². The fourth-order valence-electron chi connectivity index (χ4n) is 3.36. The van der Waals surface area contributed by atoms with Gasteiger partial charge in [-0.15, -0.1) is 0 Å². The summed E-state index contributed by atoms with van der Waals surface area (Å²) < 4.78 is 13.8. The number of carbonyl (C=O) groups is 4. The third kappa shape index (κ3) is 5.88. The van der Waals surface area contributed by atoms with Crippen molar-refractivity contribution in [3.05, 3.63) is 71.5 Å². The van der Waals surface area contributed by atoms with Crippen LogP contribution in [0.15, 0.2) is 54.6 Å². The number of halogens is 1. The van der Waals surface area contributed by atoms with Gasteiger partial charge in [-0.05, 0) is 17.2 Å². The number of hydrogen-bond donors (Lipinski definition) is 4. The van der Waals surface area contributed by atoms with E-state index in [1.807, 2.05) is 30.3 Å². The van der Waals surface area contributed by atoms with Gasteiger partial charge in [0.2, 0.25) is 23.6 Å². The van der Waals surface area contributed by atoms with Crippen LogP contribution in [0.5, 0.6) is 0 Å². The van der Waals surface area contributed by atoms with Crippen molar-refractivity contribution in [3.63, 3.8) is 0 Å². The number of piperazine rings is 1. The maximum Gasteiger partial charge on any atom is 0.243 e. The van der Waals surface area contributed by atoms with Crippen molar-refractivity contribution in [2.45, 2.75) is 37.4 Å². The lowest BCUT2D eigenvalue weighted by Crippen LogP contribution is -2.63. The molecule has 2 aromatic rings. The van der Waals surface area contributed by atoms with Crippen LogP contribution >= 0.6 is 0 Å². The van der Waals surface area contributed by atoms with Crippen LogP contribution in [0.1, 0.15) is 17.5 Å². The third-order valence-corrected chi connectivity index (χ3v) is 5.00. The summed E-state index contributed by atoms with van der Waals surface area (Å²) in [7, 11) is 0. The highest BCUT2D eigenvalue weighted by Crippen LogP contribution is 2.11. The van der Waals surface area contributed by atoms with Crippen molar-refractivity contribution in [1.29, 1.82) is 0 Å². The first-order valence-electron chi connectivity index (χ1n) is 9.80. The molecule has 3 atom stereocenters. The minimum Gasteiger partial charge on any atom is -0.368 e. The Labute approximate surface area is 178 Å². The summed E-state index contributed by atoms with van der Waals surface area (Å²) in [6.45, 7) is 0. The highest BCUT2D eigenvalue weighted by Gasteiger charge is 2.35. The van der Waals surface area contributed by atoms with Crippen LogP contribution < -0.4 is 21.7 Å². The first-order valence-corrected chi connectivity index (χ1v) is 9.80. The lowest BCUT2D eigenvalue weighted by atomic mass is 10.0. The first-order chi connectivity index (χ1) is 14.8. The number of amides is 4. The Morgan fingerprint density at radius 3 is 2.26 bits per heavy atom. The molecule has 1 aliphatic heterocycles. The fourth-order valence-corrected chi connectivity index (χ4v) is 3.36. The van der Waals surface area contributed by atoms with Crippen molar-refractivity contribution in [1.82, 2.24) is 16.0 Å². The zero-order chi connectivity index (χ0) is 22.4. The van der Waals surface area contributed by atoms with E-state index in [0.717, 1.165) is 5.56 Å². The standard InChI is InChI=1S/C22H23FN4O4/c23-15-9-5-4-8-14(15)11-16(20(24)29)25-19(28)12-18-22(31)26-17(21(30)27-18)10-13-6-2-1-3-7-13/h1-9,16-18H,10-12H2,(H2,24,29)(H,25,28)(H,26,31)(H,27,30)/t16-,17-,18-/m0/s1. The Morgan fingerprint density at radius 1 is 0.968 bits per heavy atom. The lowest BCUT2D eigenvalue weighted by molar-refractivity contribution is -0.138. The Morgan fingerprint density at radius 2 is 1.58 bits per heavy atom. The second kappa shape index (κ2) is 9.84. The van der Waals surface area contributed by atoms with Crippen LogP contribution in [0.3, 0.4) is 0 Å². The number of benzene rings is 2. The molecule has 8 nitrogen and oxygen atoms in total. The molecule has 0 saturated carbocycles. The molecule has 31 heavy (non-hydrogen) atoms. The average Bonchev–Trinajstić information content (AvgIpc) is 2.73. The number of primary amides is 1. The minimum atomic E-state index is -1.16. The number of hydrogen-bond acceptors (Lipinski definition) is 4. The molecule has 0 bridgehead atoms. The number of carbonyl (C=O) groups excluding carboxylic acids is 4. The monoisotopic (exact) mass is 426 g/mol. The predicted octanol–water partition coefficient (Wildman–Crippen LogP) is -0.0457. The van der Waals surface area contributed by atoms with E-state index in [0.29, 0.717) is 6.42 Å². The Balaban J connectivity index is 1.57. The van der Waals surface area contributed by atoms with Gasteiger partial charge in [-0.3, -0.25) is 19.2 Å². The summed E-state index contributed by atoms with van der Waals surface area (Å²) in [5.74, 6) is -2.93. The van der Waals surface area contributed by atoms with Gasteiger partial charge in [0.25, 0.3) is 0 Å². The number of nitrogens with two attached hydrogens (primary N) is 1. The summed E-state index contributed by atoms with van der Waals surface area (Å²) in [4.78, 5) is 48.9. The normalized spacial score (nSPS) is 19.1. The van der Waals surface area contributed by atoms with E-state index in [9.17, 15) is 23.6 Å². The van der Waals surface area contributed by atoms with Crippen molar-refractivity contribution < 1.29 is 23.6 Å². The van der Waals surface area contributed by atoms with Crippen LogP contribution in [-0.4, -0.2) is 41.8 Å². The summed E-state index contributed by atoms with van der Waals surface area (Å²) in [6, 6.07) is 12.1. The second-order valence-corrected chi connectivity index (χ2v) is 7.33. The summed E-state index contributed by atoms with van der Waals surface area (Å²) in [6.07, 6.45) is -0.184. The van der Waals surface area contributed by atoms with Crippen LogP contribution in [0.2, 0.25) is 0 Å². The number of rotatable bonds is 8. The zero-order valence-corrected chi connectivity index (χ0v) is 16.6. The van der Waals surface area contributed by atoms with Gasteiger partial charge in [0, 0.05) is 12.8 Å². The van der Waals surface area contributed by atoms with E-state index in [-0.39, 0.29) is 18.4 Å². The smallest absolute Gasteiger partial charge is 0.243 e. The van der Waals surface area contributed by atoms with Crippen LogP contribution in [-0.2, 0) is 32.0 Å². The van der Waals surface area contributed by atoms with E-state index >= 15 is 0 Å². The first kappa shape index (κ1) is 21.9. The molecule has 9 heteroatoms. The molecule has 5 N–H and O–H groups in total. The molecule has 0 spiro atoms. The molecule has 2 aromatic carbocycles. The van der Waals surface area contributed by atoms with E-state index in [1.165, 1.54) is 18.2 Å². The quantitative estimate of drug-likeness (QED) is 0.472. The zero-order valence-electron chi connectivity index (χ0n) is 16.6. The molecule has 0 unspecified atom stereocenters. The van der Waals surface area contributed by atoms with E-state index in [2.05, 4.69) is 16.0 Å². The van der Waals surface area contributed by atoms with E-state index < -0.39 is 47.6 Å². The molecule has 1 saturated heterocycles. The van der Waals surface area contributed by atoms with Gasteiger partial charge in [0.15, 0.2) is 0 Å². The van der Waals surface area contributed by atoms with E-state index in [1.54, 1.807) is 6.07 Å². The van der Waals surface area contributed by atoms with Gasteiger partial charge < -0.3 is 21.7 Å². The molecule has 4 amide bonds. The highest BCUT2D eigenvalue weighted by atomic mass is 19.1. The molecule has 3 rings (SSSR count). The van der Waals surface area contributed by atoms with Crippen LogP contribution in [0, 0.1) is 5.82 Å².